The number of halogens is 1. The Kier molecular flexibility index (Phi) is 3.94. The number of amides is 1. The average Bonchev–Trinajstić information content (AvgIpc) is 2.16. The van der Waals surface area contributed by atoms with Crippen LogP contribution < -0.4 is 11.1 Å². The molecule has 4 heteroatoms. The molecule has 1 aromatic carbocycles. The van der Waals surface area contributed by atoms with Gasteiger partial charge >= 0.3 is 0 Å². The molecule has 0 bridgehead atoms. The third-order valence-corrected chi connectivity index (χ3v) is 2.52. The van der Waals surface area contributed by atoms with Gasteiger partial charge in [-0.15, -0.1) is 0 Å². The van der Waals surface area contributed by atoms with Gasteiger partial charge in [0, 0.05) is 5.02 Å². The standard InChI is InChI=1S/C12H17ClN2O/c1-8(15-11(16)12(2,3)14)9-5-4-6-10(13)7-9/h4-8H,14H2,1-3H3,(H,15,16). The summed E-state index contributed by atoms with van der Waals surface area (Å²) in [7, 11) is 0. The van der Waals surface area contributed by atoms with E-state index >= 15 is 0 Å². The molecule has 88 valence electrons. The van der Waals surface area contributed by atoms with Crippen LogP contribution in [-0.2, 0) is 4.79 Å². The van der Waals surface area contributed by atoms with Gasteiger partial charge in [-0.05, 0) is 38.5 Å². The third-order valence-electron chi connectivity index (χ3n) is 2.28. The molecule has 3 N–H and O–H groups in total. The van der Waals surface area contributed by atoms with Gasteiger partial charge in [-0.1, -0.05) is 23.7 Å². The lowest BCUT2D eigenvalue weighted by Gasteiger charge is -2.22. The van der Waals surface area contributed by atoms with Crippen molar-refractivity contribution in [3.8, 4) is 0 Å². The maximum atomic E-state index is 11.7. The van der Waals surface area contributed by atoms with E-state index in [0.717, 1.165) is 5.56 Å². The molecule has 0 fully saturated rings. The van der Waals surface area contributed by atoms with Crippen molar-refractivity contribution >= 4 is 17.5 Å². The fourth-order valence-corrected chi connectivity index (χ4v) is 1.44. The molecule has 0 aliphatic carbocycles. The topological polar surface area (TPSA) is 55.1 Å². The van der Waals surface area contributed by atoms with Crippen LogP contribution in [0.15, 0.2) is 24.3 Å². The van der Waals surface area contributed by atoms with Crippen molar-refractivity contribution in [3.05, 3.63) is 34.9 Å². The Morgan fingerprint density at radius 1 is 1.50 bits per heavy atom. The predicted octanol–water partition coefficient (Wildman–Crippen LogP) is 2.25. The van der Waals surface area contributed by atoms with Gasteiger partial charge in [0.15, 0.2) is 0 Å². The van der Waals surface area contributed by atoms with Crippen molar-refractivity contribution in [2.75, 3.05) is 0 Å². The van der Waals surface area contributed by atoms with Crippen molar-refractivity contribution < 1.29 is 4.79 Å². The molecule has 0 aromatic heterocycles. The fourth-order valence-electron chi connectivity index (χ4n) is 1.24. The molecule has 0 aliphatic heterocycles. The first kappa shape index (κ1) is 13.0. The first-order chi connectivity index (χ1) is 7.30. The van der Waals surface area contributed by atoms with Crippen LogP contribution in [0.3, 0.4) is 0 Å². The summed E-state index contributed by atoms with van der Waals surface area (Å²) in [5, 5.41) is 3.50. The van der Waals surface area contributed by atoms with Gasteiger partial charge in [0.05, 0.1) is 11.6 Å². The van der Waals surface area contributed by atoms with E-state index in [2.05, 4.69) is 5.32 Å². The Bertz CT molecular complexity index is 385. The maximum absolute atomic E-state index is 11.7. The number of nitrogens with one attached hydrogen (secondary N) is 1. The highest BCUT2D eigenvalue weighted by Gasteiger charge is 2.23. The van der Waals surface area contributed by atoms with E-state index in [1.54, 1.807) is 19.9 Å². The highest BCUT2D eigenvalue weighted by Crippen LogP contribution is 2.17. The second-order valence-corrected chi connectivity index (χ2v) is 4.91. The Balaban J connectivity index is 2.73. The van der Waals surface area contributed by atoms with E-state index in [9.17, 15) is 4.79 Å². The van der Waals surface area contributed by atoms with Crippen LogP contribution in [-0.4, -0.2) is 11.4 Å². The van der Waals surface area contributed by atoms with Gasteiger partial charge in [0.1, 0.15) is 0 Å². The molecule has 1 unspecified atom stereocenters. The summed E-state index contributed by atoms with van der Waals surface area (Å²) in [4.78, 5) is 11.7. The smallest absolute Gasteiger partial charge is 0.239 e. The molecule has 0 saturated carbocycles. The van der Waals surface area contributed by atoms with Crippen LogP contribution in [0.4, 0.5) is 0 Å². The second-order valence-electron chi connectivity index (χ2n) is 4.47. The molecule has 16 heavy (non-hydrogen) atoms. The Hall–Kier alpha value is -1.06. The van der Waals surface area contributed by atoms with Gasteiger partial charge in [0.2, 0.25) is 5.91 Å². The normalized spacial score (nSPS) is 13.3. The zero-order valence-corrected chi connectivity index (χ0v) is 10.5. The van der Waals surface area contributed by atoms with Crippen LogP contribution in [0, 0.1) is 0 Å². The van der Waals surface area contributed by atoms with Crippen LogP contribution in [0.5, 0.6) is 0 Å². The summed E-state index contributed by atoms with van der Waals surface area (Å²) in [6.07, 6.45) is 0. The number of nitrogens with two attached hydrogens (primary N) is 1. The lowest BCUT2D eigenvalue weighted by atomic mass is 10.0. The van der Waals surface area contributed by atoms with Crippen molar-refractivity contribution in [1.29, 1.82) is 0 Å². The number of hydrogen-bond acceptors (Lipinski definition) is 2. The van der Waals surface area contributed by atoms with Crippen LogP contribution in [0.25, 0.3) is 0 Å². The molecule has 0 heterocycles. The van der Waals surface area contributed by atoms with Gasteiger partial charge < -0.3 is 11.1 Å². The highest BCUT2D eigenvalue weighted by molar-refractivity contribution is 6.30. The van der Waals surface area contributed by atoms with Crippen molar-refractivity contribution in [2.24, 2.45) is 5.73 Å². The molecule has 1 aromatic rings. The quantitative estimate of drug-likeness (QED) is 0.852. The summed E-state index contributed by atoms with van der Waals surface area (Å²) in [5.74, 6) is -0.181. The number of hydrogen-bond donors (Lipinski definition) is 2. The summed E-state index contributed by atoms with van der Waals surface area (Å²) < 4.78 is 0. The maximum Gasteiger partial charge on any atom is 0.239 e. The Labute approximate surface area is 101 Å². The SMILES string of the molecule is CC(NC(=O)C(C)(C)N)c1cccc(Cl)c1. The largest absolute Gasteiger partial charge is 0.348 e. The van der Waals surface area contributed by atoms with E-state index in [4.69, 9.17) is 17.3 Å². The molecular weight excluding hydrogens is 224 g/mol. The zero-order valence-electron chi connectivity index (χ0n) is 9.75. The van der Waals surface area contributed by atoms with Crippen LogP contribution in [0.2, 0.25) is 5.02 Å². The molecule has 1 amide bonds. The van der Waals surface area contributed by atoms with E-state index in [1.807, 2.05) is 25.1 Å². The van der Waals surface area contributed by atoms with Gasteiger partial charge in [0.25, 0.3) is 0 Å². The second kappa shape index (κ2) is 4.85. The van der Waals surface area contributed by atoms with Crippen molar-refractivity contribution in [3.63, 3.8) is 0 Å². The fraction of sp³-hybridized carbons (Fsp3) is 0.417. The third kappa shape index (κ3) is 3.51. The van der Waals surface area contributed by atoms with E-state index < -0.39 is 5.54 Å². The molecular formula is C12H17ClN2O. The molecule has 1 rings (SSSR count). The number of rotatable bonds is 3. The summed E-state index contributed by atoms with van der Waals surface area (Å²) in [6.45, 7) is 5.25. The number of benzene rings is 1. The number of carbonyl (C=O) groups is 1. The van der Waals surface area contributed by atoms with Crippen molar-refractivity contribution in [2.45, 2.75) is 32.4 Å². The van der Waals surface area contributed by atoms with E-state index in [-0.39, 0.29) is 11.9 Å². The lowest BCUT2D eigenvalue weighted by Crippen LogP contribution is -2.49. The summed E-state index contributed by atoms with van der Waals surface area (Å²) >= 11 is 5.88. The minimum Gasteiger partial charge on any atom is -0.348 e. The van der Waals surface area contributed by atoms with E-state index in [0.29, 0.717) is 5.02 Å². The van der Waals surface area contributed by atoms with Crippen LogP contribution >= 0.6 is 11.6 Å². The van der Waals surface area contributed by atoms with Gasteiger partial charge in [-0.3, -0.25) is 4.79 Å². The Morgan fingerprint density at radius 3 is 2.62 bits per heavy atom. The molecule has 1 atom stereocenters. The summed E-state index contributed by atoms with van der Waals surface area (Å²) in [5.41, 5.74) is 5.79. The van der Waals surface area contributed by atoms with Crippen LogP contribution in [0.1, 0.15) is 32.4 Å². The monoisotopic (exact) mass is 240 g/mol. The first-order valence-corrected chi connectivity index (χ1v) is 5.54. The molecule has 0 saturated heterocycles. The van der Waals surface area contributed by atoms with E-state index in [1.165, 1.54) is 0 Å². The lowest BCUT2D eigenvalue weighted by molar-refractivity contribution is -0.125. The molecule has 0 radical (unpaired) electrons. The molecule has 0 spiro atoms. The first-order valence-electron chi connectivity index (χ1n) is 5.16. The summed E-state index contributed by atoms with van der Waals surface area (Å²) in [6, 6.07) is 7.30. The van der Waals surface area contributed by atoms with Gasteiger partial charge in [-0.2, -0.15) is 0 Å². The predicted molar refractivity (Wildman–Crippen MR) is 66.3 cm³/mol. The molecule has 3 nitrogen and oxygen atoms in total. The number of carbonyl (C=O) groups excluding carboxylic acids is 1. The Morgan fingerprint density at radius 2 is 2.12 bits per heavy atom. The minimum atomic E-state index is -0.868. The highest BCUT2D eigenvalue weighted by atomic mass is 35.5. The average molecular weight is 241 g/mol. The minimum absolute atomic E-state index is 0.103. The van der Waals surface area contributed by atoms with Gasteiger partial charge in [-0.25, -0.2) is 0 Å². The molecule has 0 aliphatic rings. The zero-order chi connectivity index (χ0) is 12.3. The van der Waals surface area contributed by atoms with Crippen molar-refractivity contribution in [1.82, 2.24) is 5.32 Å².